The molecule has 2 aromatic rings. The molecule has 10 heteroatoms. The molecule has 1 aliphatic carbocycles. The van der Waals surface area contributed by atoms with Crippen molar-refractivity contribution in [3.8, 4) is 6.07 Å². The molecule has 2 aliphatic rings. The SMILES string of the molecule is COCCC(=O)N1CCN(c2nc(C3CC3)c(Nc3ccnc(C(N)=O)c3)cc2C#N)C[C@H]1C. The van der Waals surface area contributed by atoms with E-state index < -0.39 is 5.91 Å². The molecule has 0 unspecified atom stereocenters. The second-order valence-electron chi connectivity index (χ2n) is 8.72. The number of pyridine rings is 2. The summed E-state index contributed by atoms with van der Waals surface area (Å²) in [6.07, 6.45) is 3.95. The number of hydrogen-bond acceptors (Lipinski definition) is 8. The Kier molecular flexibility index (Phi) is 6.93. The second kappa shape index (κ2) is 10.1. The molecule has 0 spiro atoms. The third kappa shape index (κ3) is 5.10. The summed E-state index contributed by atoms with van der Waals surface area (Å²) in [5, 5.41) is 13.2. The summed E-state index contributed by atoms with van der Waals surface area (Å²) in [5.74, 6) is 0.443. The lowest BCUT2D eigenvalue weighted by Crippen LogP contribution is -2.54. The average molecular weight is 464 g/mol. The van der Waals surface area contributed by atoms with Crippen LogP contribution in [-0.4, -0.2) is 66.1 Å². The molecular formula is C24H29N7O3. The van der Waals surface area contributed by atoms with Crippen LogP contribution in [0.25, 0.3) is 0 Å². The van der Waals surface area contributed by atoms with Crippen molar-refractivity contribution in [1.82, 2.24) is 14.9 Å². The lowest BCUT2D eigenvalue weighted by Gasteiger charge is -2.41. The predicted molar refractivity (Wildman–Crippen MR) is 127 cm³/mol. The van der Waals surface area contributed by atoms with Crippen molar-refractivity contribution in [2.75, 3.05) is 43.6 Å². The summed E-state index contributed by atoms with van der Waals surface area (Å²) in [6.45, 7) is 4.20. The van der Waals surface area contributed by atoms with Crippen molar-refractivity contribution in [2.45, 2.75) is 38.1 Å². The van der Waals surface area contributed by atoms with Gasteiger partial charge in [0, 0.05) is 50.6 Å². The van der Waals surface area contributed by atoms with E-state index in [0.29, 0.717) is 55.6 Å². The van der Waals surface area contributed by atoms with Gasteiger partial charge in [0.2, 0.25) is 5.91 Å². The number of carbonyl (C=O) groups excluding carboxylic acids is 2. The van der Waals surface area contributed by atoms with Gasteiger partial charge in [0.1, 0.15) is 17.6 Å². The fourth-order valence-electron chi connectivity index (χ4n) is 4.26. The molecule has 1 aliphatic heterocycles. The van der Waals surface area contributed by atoms with Gasteiger partial charge in [-0.1, -0.05) is 0 Å². The van der Waals surface area contributed by atoms with E-state index in [-0.39, 0.29) is 17.6 Å². The molecule has 2 amide bonds. The molecule has 1 saturated heterocycles. The molecule has 3 heterocycles. The van der Waals surface area contributed by atoms with Gasteiger partial charge in [0.05, 0.1) is 30.0 Å². The van der Waals surface area contributed by atoms with Crippen molar-refractivity contribution in [3.05, 3.63) is 41.3 Å². The minimum atomic E-state index is -0.605. The molecule has 3 N–H and O–H groups in total. The van der Waals surface area contributed by atoms with Crippen molar-refractivity contribution in [3.63, 3.8) is 0 Å². The van der Waals surface area contributed by atoms with Gasteiger partial charge >= 0.3 is 0 Å². The number of piperazine rings is 1. The van der Waals surface area contributed by atoms with E-state index in [2.05, 4.69) is 21.3 Å². The van der Waals surface area contributed by atoms with Crippen molar-refractivity contribution >= 4 is 29.0 Å². The Labute approximate surface area is 198 Å². The van der Waals surface area contributed by atoms with Crippen LogP contribution in [-0.2, 0) is 9.53 Å². The van der Waals surface area contributed by atoms with E-state index in [4.69, 9.17) is 15.5 Å². The van der Waals surface area contributed by atoms with Gasteiger partial charge in [-0.15, -0.1) is 0 Å². The minimum Gasteiger partial charge on any atom is -0.384 e. The third-order valence-electron chi connectivity index (χ3n) is 6.18. The van der Waals surface area contributed by atoms with Crippen LogP contribution in [0.1, 0.15) is 53.8 Å². The van der Waals surface area contributed by atoms with Crippen molar-refractivity contribution in [2.24, 2.45) is 5.73 Å². The number of nitriles is 1. The number of amides is 2. The van der Waals surface area contributed by atoms with Crippen LogP contribution in [0.5, 0.6) is 0 Å². The van der Waals surface area contributed by atoms with Crippen LogP contribution in [0.15, 0.2) is 24.4 Å². The van der Waals surface area contributed by atoms with E-state index in [1.807, 2.05) is 17.9 Å². The van der Waals surface area contributed by atoms with Gasteiger partial charge in [0.25, 0.3) is 5.91 Å². The first-order valence-corrected chi connectivity index (χ1v) is 11.4. The molecular weight excluding hydrogens is 434 g/mol. The summed E-state index contributed by atoms with van der Waals surface area (Å²) in [4.78, 5) is 36.9. The van der Waals surface area contributed by atoms with Gasteiger partial charge in [0.15, 0.2) is 0 Å². The highest BCUT2D eigenvalue weighted by molar-refractivity contribution is 5.91. The Hall–Kier alpha value is -3.71. The monoisotopic (exact) mass is 463 g/mol. The number of nitrogens with one attached hydrogen (secondary N) is 1. The summed E-state index contributed by atoms with van der Waals surface area (Å²) in [5.41, 5.74) is 8.27. The molecule has 178 valence electrons. The first kappa shape index (κ1) is 23.4. The smallest absolute Gasteiger partial charge is 0.267 e. The second-order valence-corrected chi connectivity index (χ2v) is 8.72. The summed E-state index contributed by atoms with van der Waals surface area (Å²) in [7, 11) is 1.59. The first-order chi connectivity index (χ1) is 16.4. The van der Waals surface area contributed by atoms with Crippen LogP contribution in [0, 0.1) is 11.3 Å². The van der Waals surface area contributed by atoms with E-state index in [9.17, 15) is 14.9 Å². The summed E-state index contributed by atoms with van der Waals surface area (Å²) < 4.78 is 5.04. The number of nitrogens with zero attached hydrogens (tertiary/aromatic N) is 5. The van der Waals surface area contributed by atoms with Crippen LogP contribution in [0.2, 0.25) is 0 Å². The van der Waals surface area contributed by atoms with Gasteiger partial charge in [-0.2, -0.15) is 5.26 Å². The topological polar surface area (TPSA) is 137 Å². The number of primary amides is 1. The fraction of sp³-hybridized carbons (Fsp3) is 0.458. The van der Waals surface area contributed by atoms with Gasteiger partial charge in [-0.25, -0.2) is 4.98 Å². The van der Waals surface area contributed by atoms with Crippen LogP contribution in [0.3, 0.4) is 0 Å². The number of aromatic nitrogens is 2. The number of methoxy groups -OCH3 is 1. The number of anilines is 3. The highest BCUT2D eigenvalue weighted by Crippen LogP contribution is 2.44. The Morgan fingerprint density at radius 2 is 2.12 bits per heavy atom. The highest BCUT2D eigenvalue weighted by Gasteiger charge is 2.33. The highest BCUT2D eigenvalue weighted by atomic mass is 16.5. The van der Waals surface area contributed by atoms with E-state index >= 15 is 0 Å². The maximum absolute atomic E-state index is 12.5. The minimum absolute atomic E-state index is 0.00216. The van der Waals surface area contributed by atoms with Gasteiger partial charge in [-0.3, -0.25) is 14.6 Å². The molecule has 10 nitrogen and oxygen atoms in total. The Balaban J connectivity index is 1.59. The summed E-state index contributed by atoms with van der Waals surface area (Å²) >= 11 is 0. The molecule has 34 heavy (non-hydrogen) atoms. The maximum atomic E-state index is 12.5. The average Bonchev–Trinajstić information content (AvgIpc) is 3.67. The number of hydrogen-bond donors (Lipinski definition) is 2. The Morgan fingerprint density at radius 3 is 2.76 bits per heavy atom. The third-order valence-corrected chi connectivity index (χ3v) is 6.18. The molecule has 2 aromatic heterocycles. The normalized spacial score (nSPS) is 17.9. The number of ether oxygens (including phenoxy) is 1. The predicted octanol–water partition coefficient (Wildman–Crippen LogP) is 2.14. The molecule has 0 aromatic carbocycles. The Morgan fingerprint density at radius 1 is 1.32 bits per heavy atom. The molecule has 2 fully saturated rings. The molecule has 0 bridgehead atoms. The Bertz CT molecular complexity index is 1130. The number of rotatable bonds is 8. The lowest BCUT2D eigenvalue weighted by atomic mass is 10.1. The molecule has 1 saturated carbocycles. The van der Waals surface area contributed by atoms with E-state index in [1.54, 1.807) is 19.2 Å². The van der Waals surface area contributed by atoms with Gasteiger partial charge < -0.3 is 25.6 Å². The zero-order valence-electron chi connectivity index (χ0n) is 19.5. The number of nitrogens with two attached hydrogens (primary N) is 1. The molecule has 4 rings (SSSR count). The standard InChI is InChI=1S/C24H29N7O3/c1-15-14-30(8-9-31(15)21(32)6-10-34-2)24-17(13-25)11-19(22(29-24)16-3-4-16)28-18-5-7-27-20(12-18)23(26)33/h5,7,11-12,15-16H,3-4,6,8-10,14H2,1-2H3,(H2,26,33)(H,27,28)/t15-/m1/s1. The molecule has 0 radical (unpaired) electrons. The lowest BCUT2D eigenvalue weighted by molar-refractivity contribution is -0.134. The van der Waals surface area contributed by atoms with Gasteiger partial charge in [-0.05, 0) is 38.0 Å². The first-order valence-electron chi connectivity index (χ1n) is 11.4. The number of carbonyl (C=O) groups is 2. The van der Waals surface area contributed by atoms with Crippen molar-refractivity contribution in [1.29, 1.82) is 5.26 Å². The van der Waals surface area contributed by atoms with Crippen LogP contribution in [0.4, 0.5) is 17.2 Å². The van der Waals surface area contributed by atoms with Crippen molar-refractivity contribution < 1.29 is 14.3 Å². The molecule has 1 atom stereocenters. The van der Waals surface area contributed by atoms with E-state index in [1.165, 1.54) is 6.20 Å². The quantitative estimate of drug-likeness (QED) is 0.607. The maximum Gasteiger partial charge on any atom is 0.267 e. The zero-order valence-corrected chi connectivity index (χ0v) is 19.5. The fourth-order valence-corrected chi connectivity index (χ4v) is 4.26. The van der Waals surface area contributed by atoms with Crippen LogP contribution >= 0.6 is 0 Å². The van der Waals surface area contributed by atoms with Crippen LogP contribution < -0.4 is 16.0 Å². The summed E-state index contributed by atoms with van der Waals surface area (Å²) in [6, 6.07) is 7.43. The largest absolute Gasteiger partial charge is 0.384 e. The van der Waals surface area contributed by atoms with E-state index in [0.717, 1.165) is 24.2 Å². The zero-order chi connectivity index (χ0) is 24.2.